The Morgan fingerprint density at radius 3 is 3.06 bits per heavy atom. The van der Waals surface area contributed by atoms with Gasteiger partial charge in [-0.25, -0.2) is 4.98 Å². The maximum absolute atomic E-state index is 10.6. The van der Waals surface area contributed by atoms with Crippen molar-refractivity contribution >= 4 is 39.3 Å². The lowest BCUT2D eigenvalue weighted by atomic mass is 10.2. The number of thioether (sulfide) groups is 1. The largest absolute Gasteiger partial charge is 0.481 e. The second kappa shape index (κ2) is 4.90. The van der Waals surface area contributed by atoms with Crippen LogP contribution in [0.3, 0.4) is 0 Å². The minimum Gasteiger partial charge on any atom is -0.481 e. The third-order valence-electron chi connectivity index (χ3n) is 3.20. The van der Waals surface area contributed by atoms with Crippen LogP contribution in [0.25, 0.3) is 10.2 Å². The van der Waals surface area contributed by atoms with Gasteiger partial charge >= 0.3 is 5.97 Å². The van der Waals surface area contributed by atoms with E-state index in [1.807, 2.05) is 18.2 Å². The molecule has 0 amide bonds. The van der Waals surface area contributed by atoms with Crippen molar-refractivity contribution in [3.05, 3.63) is 24.3 Å². The molecule has 0 bridgehead atoms. The molecule has 1 aliphatic carbocycles. The maximum atomic E-state index is 10.6. The van der Waals surface area contributed by atoms with Crippen LogP contribution in [0.2, 0.25) is 0 Å². The molecule has 2 aromatic rings. The van der Waals surface area contributed by atoms with Crippen molar-refractivity contribution in [1.82, 2.24) is 4.98 Å². The Morgan fingerprint density at radius 2 is 2.28 bits per heavy atom. The smallest absolute Gasteiger partial charge is 0.303 e. The zero-order chi connectivity index (χ0) is 12.5. The minimum absolute atomic E-state index is 0.324. The summed E-state index contributed by atoms with van der Waals surface area (Å²) in [4.78, 5) is 15.1. The number of fused-ring (bicyclic) bond motifs is 1. The summed E-state index contributed by atoms with van der Waals surface area (Å²) in [6, 6.07) is 8.14. The van der Waals surface area contributed by atoms with Gasteiger partial charge in [0.15, 0.2) is 4.34 Å². The van der Waals surface area contributed by atoms with Crippen molar-refractivity contribution in [1.29, 1.82) is 0 Å². The molecule has 0 radical (unpaired) electrons. The number of aromatic nitrogens is 1. The first-order chi connectivity index (χ1) is 8.72. The van der Waals surface area contributed by atoms with Gasteiger partial charge in [-0.3, -0.25) is 4.79 Å². The van der Waals surface area contributed by atoms with Gasteiger partial charge in [0.25, 0.3) is 0 Å². The molecule has 0 unspecified atom stereocenters. The molecule has 18 heavy (non-hydrogen) atoms. The zero-order valence-corrected chi connectivity index (χ0v) is 11.3. The fourth-order valence-electron chi connectivity index (χ4n) is 2.08. The number of carboxylic acid groups (broad SMARTS) is 1. The van der Waals surface area contributed by atoms with Crippen LogP contribution in [-0.2, 0) is 4.79 Å². The van der Waals surface area contributed by atoms with E-state index in [0.29, 0.717) is 18.3 Å². The summed E-state index contributed by atoms with van der Waals surface area (Å²) < 4.78 is 2.31. The van der Waals surface area contributed by atoms with Crippen molar-refractivity contribution in [2.45, 2.75) is 17.2 Å². The van der Waals surface area contributed by atoms with Crippen LogP contribution in [0.15, 0.2) is 28.6 Å². The van der Waals surface area contributed by atoms with E-state index >= 15 is 0 Å². The molecular weight excluding hydrogens is 266 g/mol. The van der Waals surface area contributed by atoms with Crippen LogP contribution < -0.4 is 0 Å². The number of rotatable bonds is 5. The number of para-hydroxylation sites is 1. The van der Waals surface area contributed by atoms with Crippen LogP contribution in [0, 0.1) is 11.8 Å². The molecule has 0 aliphatic heterocycles. The van der Waals surface area contributed by atoms with Crippen LogP contribution >= 0.6 is 23.1 Å². The Labute approximate surface area is 113 Å². The molecule has 1 aliphatic rings. The van der Waals surface area contributed by atoms with E-state index < -0.39 is 5.97 Å². The van der Waals surface area contributed by atoms with Gasteiger partial charge in [0.2, 0.25) is 0 Å². The number of thiazole rings is 1. The van der Waals surface area contributed by atoms with E-state index in [0.717, 1.165) is 22.0 Å². The molecule has 0 spiro atoms. The first kappa shape index (κ1) is 12.0. The van der Waals surface area contributed by atoms with Gasteiger partial charge < -0.3 is 5.11 Å². The molecule has 0 saturated heterocycles. The van der Waals surface area contributed by atoms with Gasteiger partial charge in [-0.15, -0.1) is 11.3 Å². The second-order valence-corrected chi connectivity index (χ2v) is 6.91. The summed E-state index contributed by atoms with van der Waals surface area (Å²) in [6.45, 7) is 0. The average Bonchev–Trinajstić information content (AvgIpc) is 2.92. The number of nitrogens with zero attached hydrogens (tertiary/aromatic N) is 1. The van der Waals surface area contributed by atoms with Gasteiger partial charge in [0.05, 0.1) is 10.2 Å². The molecule has 1 saturated carbocycles. The monoisotopic (exact) mass is 279 g/mol. The highest BCUT2D eigenvalue weighted by molar-refractivity contribution is 8.01. The molecule has 1 aromatic carbocycles. The number of hydrogen-bond donors (Lipinski definition) is 1. The summed E-state index contributed by atoms with van der Waals surface area (Å²) in [5.74, 6) is 1.28. The summed E-state index contributed by atoms with van der Waals surface area (Å²) in [7, 11) is 0. The first-order valence-electron chi connectivity index (χ1n) is 5.92. The number of hydrogen-bond acceptors (Lipinski definition) is 4. The predicted molar refractivity (Wildman–Crippen MR) is 74.2 cm³/mol. The van der Waals surface area contributed by atoms with Crippen molar-refractivity contribution < 1.29 is 9.90 Å². The summed E-state index contributed by atoms with van der Waals surface area (Å²) >= 11 is 3.48. The first-order valence-corrected chi connectivity index (χ1v) is 7.73. The van der Waals surface area contributed by atoms with Gasteiger partial charge in [-0.1, -0.05) is 23.9 Å². The average molecular weight is 279 g/mol. The van der Waals surface area contributed by atoms with Crippen molar-refractivity contribution in [2.75, 3.05) is 5.75 Å². The Morgan fingerprint density at radius 1 is 1.44 bits per heavy atom. The number of aliphatic carboxylic acids is 1. The fourth-order valence-corrected chi connectivity index (χ4v) is 4.41. The summed E-state index contributed by atoms with van der Waals surface area (Å²) in [6.07, 6.45) is 1.38. The molecule has 1 aromatic heterocycles. The highest BCUT2D eigenvalue weighted by Gasteiger charge is 2.38. The number of benzene rings is 1. The minimum atomic E-state index is -0.674. The molecule has 1 fully saturated rings. The lowest BCUT2D eigenvalue weighted by Crippen LogP contribution is -1.97. The molecule has 3 nitrogen and oxygen atoms in total. The topological polar surface area (TPSA) is 50.2 Å². The molecule has 1 N–H and O–H groups in total. The van der Waals surface area contributed by atoms with E-state index in [-0.39, 0.29) is 0 Å². The van der Waals surface area contributed by atoms with E-state index in [2.05, 4.69) is 11.1 Å². The normalized spacial score (nSPS) is 22.2. The molecule has 2 atom stereocenters. The highest BCUT2D eigenvalue weighted by atomic mass is 32.2. The SMILES string of the molecule is O=C(O)C[C@@H]1C[C@@H]1CSc1nc2ccccc2s1. The maximum Gasteiger partial charge on any atom is 0.303 e. The predicted octanol–water partition coefficient (Wildman–Crippen LogP) is 3.50. The number of carboxylic acids is 1. The third-order valence-corrected chi connectivity index (χ3v) is 5.57. The lowest BCUT2D eigenvalue weighted by Gasteiger charge is -1.95. The molecule has 94 valence electrons. The quantitative estimate of drug-likeness (QED) is 0.851. The van der Waals surface area contributed by atoms with Crippen LogP contribution in [-0.4, -0.2) is 21.8 Å². The lowest BCUT2D eigenvalue weighted by molar-refractivity contribution is -0.137. The second-order valence-electron chi connectivity index (χ2n) is 4.61. The van der Waals surface area contributed by atoms with E-state index in [4.69, 9.17) is 5.11 Å². The molecule has 1 heterocycles. The number of carbonyl (C=O) groups is 1. The van der Waals surface area contributed by atoms with Gasteiger partial charge in [-0.2, -0.15) is 0 Å². The standard InChI is InChI=1S/C13H13NO2S2/c15-12(16)6-8-5-9(8)7-17-13-14-10-3-1-2-4-11(10)18-13/h1-4,8-9H,5-7H2,(H,15,16)/t8-,9+/m0/s1. The summed E-state index contributed by atoms with van der Waals surface area (Å²) in [5, 5.41) is 8.71. The molecular formula is C13H13NO2S2. The van der Waals surface area contributed by atoms with Crippen LogP contribution in [0.5, 0.6) is 0 Å². The Kier molecular flexibility index (Phi) is 3.26. The fraction of sp³-hybridized carbons (Fsp3) is 0.385. The Hall–Kier alpha value is -1.07. The third kappa shape index (κ3) is 2.67. The molecule has 5 heteroatoms. The van der Waals surface area contributed by atoms with Crippen LogP contribution in [0.1, 0.15) is 12.8 Å². The summed E-state index contributed by atoms with van der Waals surface area (Å²) in [5.41, 5.74) is 1.06. The van der Waals surface area contributed by atoms with E-state index in [1.54, 1.807) is 23.1 Å². The van der Waals surface area contributed by atoms with Gasteiger partial charge in [0.1, 0.15) is 0 Å². The van der Waals surface area contributed by atoms with Gasteiger partial charge in [0, 0.05) is 12.2 Å². The van der Waals surface area contributed by atoms with E-state index in [9.17, 15) is 4.79 Å². The highest BCUT2D eigenvalue weighted by Crippen LogP contribution is 2.45. The Bertz CT molecular complexity index is 548. The zero-order valence-electron chi connectivity index (χ0n) is 9.70. The van der Waals surface area contributed by atoms with E-state index in [1.165, 1.54) is 4.70 Å². The Balaban J connectivity index is 1.56. The van der Waals surface area contributed by atoms with Gasteiger partial charge in [-0.05, 0) is 30.4 Å². The van der Waals surface area contributed by atoms with Crippen molar-refractivity contribution in [3.8, 4) is 0 Å². The van der Waals surface area contributed by atoms with Crippen molar-refractivity contribution in [2.24, 2.45) is 11.8 Å². The van der Waals surface area contributed by atoms with Crippen molar-refractivity contribution in [3.63, 3.8) is 0 Å². The van der Waals surface area contributed by atoms with Crippen LogP contribution in [0.4, 0.5) is 0 Å². The molecule has 3 rings (SSSR count).